The van der Waals surface area contributed by atoms with Gasteiger partial charge in [-0.2, -0.15) is 13.2 Å². The number of carbonyl (C=O) groups excluding carboxylic acids is 1. The molecule has 29 heavy (non-hydrogen) atoms. The molecule has 1 aliphatic heterocycles. The minimum atomic E-state index is -4.65. The summed E-state index contributed by atoms with van der Waals surface area (Å²) in [4.78, 5) is 16.9. The van der Waals surface area contributed by atoms with Gasteiger partial charge in [-0.1, -0.05) is 12.1 Å². The zero-order chi connectivity index (χ0) is 21.6. The number of amidine groups is 1. The van der Waals surface area contributed by atoms with Gasteiger partial charge in [0, 0.05) is 19.4 Å². The Hall–Kier alpha value is -2.81. The molecule has 0 saturated heterocycles. The van der Waals surface area contributed by atoms with Crippen molar-refractivity contribution in [2.45, 2.75) is 25.7 Å². The highest BCUT2D eigenvalue weighted by molar-refractivity contribution is 6.68. The summed E-state index contributed by atoms with van der Waals surface area (Å²) in [7, 11) is 1.26. The van der Waals surface area contributed by atoms with E-state index >= 15 is 0 Å². The van der Waals surface area contributed by atoms with Gasteiger partial charge in [0.15, 0.2) is 0 Å². The Kier molecular flexibility index (Phi) is 5.20. The van der Waals surface area contributed by atoms with Crippen LogP contribution in [0, 0.1) is 5.82 Å². The molecule has 0 fully saturated rings. The van der Waals surface area contributed by atoms with E-state index < -0.39 is 34.5 Å². The molecule has 1 unspecified atom stereocenters. The molecule has 10 heteroatoms. The van der Waals surface area contributed by atoms with Crippen molar-refractivity contribution in [2.75, 3.05) is 12.0 Å². The lowest BCUT2D eigenvalue weighted by Gasteiger charge is -2.43. The molecule has 0 amide bonds. The summed E-state index contributed by atoms with van der Waals surface area (Å²) in [5.41, 5.74) is -3.00. The number of hydrogen-bond acceptors (Lipinski definition) is 5. The van der Waals surface area contributed by atoms with Crippen LogP contribution in [0.15, 0.2) is 41.4 Å². The van der Waals surface area contributed by atoms with Crippen molar-refractivity contribution < 1.29 is 31.8 Å². The fourth-order valence-corrected chi connectivity index (χ4v) is 3.53. The maximum Gasteiger partial charge on any atom is 0.416 e. The van der Waals surface area contributed by atoms with Gasteiger partial charge in [0.25, 0.3) is 0 Å². The third-order valence-corrected chi connectivity index (χ3v) is 4.64. The van der Waals surface area contributed by atoms with Crippen molar-refractivity contribution in [1.29, 1.82) is 0 Å². The van der Waals surface area contributed by atoms with Gasteiger partial charge in [0.2, 0.25) is 11.0 Å². The van der Waals surface area contributed by atoms with Crippen LogP contribution in [-0.4, -0.2) is 18.4 Å². The van der Waals surface area contributed by atoms with Crippen molar-refractivity contribution >= 4 is 34.2 Å². The van der Waals surface area contributed by atoms with E-state index in [4.69, 9.17) is 21.1 Å². The van der Waals surface area contributed by atoms with Crippen LogP contribution in [0.5, 0.6) is 5.75 Å². The lowest BCUT2D eigenvalue weighted by Crippen LogP contribution is -2.51. The molecule has 1 aliphatic rings. The summed E-state index contributed by atoms with van der Waals surface area (Å²) in [6, 6.07) is 6.70. The van der Waals surface area contributed by atoms with Crippen LogP contribution in [0.2, 0.25) is 0 Å². The summed E-state index contributed by atoms with van der Waals surface area (Å²) in [6.45, 7) is 2.49. The largest absolute Gasteiger partial charge is 0.495 e. The maximum atomic E-state index is 14.3. The van der Waals surface area contributed by atoms with E-state index in [1.807, 2.05) is 0 Å². The molecule has 0 N–H and O–H groups in total. The standard InChI is InChI=1S/C19H15ClF4N2O3/c1-10(27)29-18(2)12-5-4-6-13(21)16(12)25-17(20)26(18)14-9-11(19(22,23)24)7-8-15(14)28-3/h4-9H,1-3H3. The minimum absolute atomic E-state index is 0.0181. The number of carbonyl (C=O) groups is 1. The molecule has 1 atom stereocenters. The number of anilines is 1. The summed E-state index contributed by atoms with van der Waals surface area (Å²) >= 11 is 6.26. The maximum absolute atomic E-state index is 14.3. The monoisotopic (exact) mass is 430 g/mol. The van der Waals surface area contributed by atoms with Crippen LogP contribution in [0.4, 0.5) is 28.9 Å². The SMILES string of the molecule is COc1ccc(C(F)(F)F)cc1N1C(Cl)=Nc2c(F)cccc2C1(C)OC(C)=O. The third-order valence-electron chi connectivity index (χ3n) is 4.39. The molecule has 5 nitrogen and oxygen atoms in total. The molecule has 154 valence electrons. The average Bonchev–Trinajstić information content (AvgIpc) is 2.61. The average molecular weight is 431 g/mol. The molecular weight excluding hydrogens is 416 g/mol. The highest BCUT2D eigenvalue weighted by Gasteiger charge is 2.47. The number of benzene rings is 2. The van der Waals surface area contributed by atoms with Crippen molar-refractivity contribution in [1.82, 2.24) is 0 Å². The summed E-state index contributed by atoms with van der Waals surface area (Å²) in [5.74, 6) is -1.47. The first-order chi connectivity index (χ1) is 13.5. The van der Waals surface area contributed by atoms with Crippen LogP contribution >= 0.6 is 11.6 Å². The molecule has 0 aromatic heterocycles. The molecule has 2 aromatic carbocycles. The first-order valence-corrected chi connectivity index (χ1v) is 8.65. The van der Waals surface area contributed by atoms with Crippen molar-refractivity contribution in [2.24, 2.45) is 4.99 Å². The number of hydrogen-bond donors (Lipinski definition) is 0. The Morgan fingerprint density at radius 1 is 1.24 bits per heavy atom. The fourth-order valence-electron chi connectivity index (χ4n) is 3.19. The van der Waals surface area contributed by atoms with E-state index in [-0.39, 0.29) is 22.7 Å². The predicted molar refractivity (Wildman–Crippen MR) is 98.9 cm³/mol. The Morgan fingerprint density at radius 2 is 1.93 bits per heavy atom. The first-order valence-electron chi connectivity index (χ1n) is 8.27. The van der Waals surface area contributed by atoms with E-state index in [2.05, 4.69) is 4.99 Å². The summed E-state index contributed by atoms with van der Waals surface area (Å²) in [5, 5.41) is -0.399. The number of esters is 1. The van der Waals surface area contributed by atoms with Crippen molar-refractivity contribution in [3.63, 3.8) is 0 Å². The predicted octanol–water partition coefficient (Wildman–Crippen LogP) is 5.34. The highest BCUT2D eigenvalue weighted by atomic mass is 35.5. The van der Waals surface area contributed by atoms with Crippen molar-refractivity contribution in [3.05, 3.63) is 53.3 Å². The number of alkyl halides is 3. The van der Waals surface area contributed by atoms with Gasteiger partial charge in [0.05, 0.1) is 18.4 Å². The zero-order valence-electron chi connectivity index (χ0n) is 15.5. The lowest BCUT2D eigenvalue weighted by atomic mass is 9.97. The van der Waals surface area contributed by atoms with Gasteiger partial charge >= 0.3 is 12.1 Å². The minimum Gasteiger partial charge on any atom is -0.495 e. The van der Waals surface area contributed by atoms with Gasteiger partial charge in [-0.25, -0.2) is 9.38 Å². The van der Waals surface area contributed by atoms with Crippen LogP contribution in [0.3, 0.4) is 0 Å². The molecule has 2 aromatic rings. The van der Waals surface area contributed by atoms with Gasteiger partial charge in [-0.05, 0) is 35.9 Å². The number of methoxy groups -OCH3 is 1. The third kappa shape index (κ3) is 3.62. The van der Waals surface area contributed by atoms with Gasteiger partial charge in [0.1, 0.15) is 17.3 Å². The van der Waals surface area contributed by atoms with Crippen LogP contribution in [0.1, 0.15) is 25.0 Å². The number of fused-ring (bicyclic) bond motifs is 1. The second kappa shape index (κ2) is 7.22. The normalized spacial score (nSPS) is 18.8. The summed E-state index contributed by atoms with van der Waals surface area (Å²) in [6.07, 6.45) is -4.65. The van der Waals surface area contributed by atoms with E-state index in [1.165, 1.54) is 26.2 Å². The summed E-state index contributed by atoms with van der Waals surface area (Å²) < 4.78 is 64.9. The topological polar surface area (TPSA) is 51.1 Å². The molecule has 0 bridgehead atoms. The Bertz CT molecular complexity index is 1010. The first kappa shape index (κ1) is 20.9. The van der Waals surface area contributed by atoms with E-state index in [9.17, 15) is 22.4 Å². The Labute approximate surface area is 168 Å². The van der Waals surface area contributed by atoms with Crippen LogP contribution < -0.4 is 9.64 Å². The van der Waals surface area contributed by atoms with Gasteiger partial charge in [-0.3, -0.25) is 9.69 Å². The Balaban J connectivity index is 2.32. The zero-order valence-corrected chi connectivity index (χ0v) is 16.2. The smallest absolute Gasteiger partial charge is 0.416 e. The molecular formula is C19H15ClF4N2O3. The van der Waals surface area contributed by atoms with Crippen molar-refractivity contribution in [3.8, 4) is 5.75 Å². The van der Waals surface area contributed by atoms with Crippen LogP contribution in [0.25, 0.3) is 0 Å². The quantitative estimate of drug-likeness (QED) is 0.375. The second-order valence-electron chi connectivity index (χ2n) is 6.31. The fraction of sp³-hybridized carbons (Fsp3) is 0.263. The number of nitrogens with zero attached hydrogens (tertiary/aromatic N) is 2. The number of ether oxygens (including phenoxy) is 2. The Morgan fingerprint density at radius 3 is 2.52 bits per heavy atom. The highest BCUT2D eigenvalue weighted by Crippen LogP contribution is 2.48. The van der Waals surface area contributed by atoms with Gasteiger partial charge in [-0.15, -0.1) is 0 Å². The number of aliphatic imine (C=N–C) groups is 1. The van der Waals surface area contributed by atoms with E-state index in [0.29, 0.717) is 0 Å². The lowest BCUT2D eigenvalue weighted by molar-refractivity contribution is -0.155. The molecule has 0 radical (unpaired) electrons. The molecule has 1 heterocycles. The molecule has 0 saturated carbocycles. The number of halogens is 5. The molecule has 0 spiro atoms. The molecule has 3 rings (SSSR count). The van der Waals surface area contributed by atoms with E-state index in [0.717, 1.165) is 36.1 Å². The van der Waals surface area contributed by atoms with Gasteiger partial charge < -0.3 is 9.47 Å². The molecule has 0 aliphatic carbocycles. The number of para-hydroxylation sites is 1. The van der Waals surface area contributed by atoms with E-state index in [1.54, 1.807) is 0 Å². The second-order valence-corrected chi connectivity index (χ2v) is 6.65. The number of rotatable bonds is 3. The van der Waals surface area contributed by atoms with Crippen LogP contribution in [-0.2, 0) is 21.4 Å².